The van der Waals surface area contributed by atoms with Crippen molar-refractivity contribution in [2.75, 3.05) is 44.8 Å². The van der Waals surface area contributed by atoms with Crippen molar-refractivity contribution in [1.29, 1.82) is 0 Å². The molecule has 1 saturated heterocycles. The number of anilines is 1. The minimum Gasteiger partial charge on any atom is -0.373 e. The number of hydrogen-bond donors (Lipinski definition) is 1. The van der Waals surface area contributed by atoms with Gasteiger partial charge in [-0.05, 0) is 44.8 Å². The van der Waals surface area contributed by atoms with Crippen LogP contribution in [0, 0.1) is 0 Å². The number of aromatic nitrogens is 2. The molecule has 0 radical (unpaired) electrons. The third-order valence-electron chi connectivity index (χ3n) is 6.37. The average molecular weight is 444 g/mol. The Morgan fingerprint density at radius 1 is 1.16 bits per heavy atom. The standard InChI is InChI=1S/C23H33N5O2S/c1-24-23-20-17-28(31(29,30)15-7-10-18-8-4-3-5-9-18)14-12-21(20)25-22(26-23)19-11-6-13-27(2)16-19/h3-5,8-9,19H,6-7,10-17H2,1-2H3,(H,24,25,26). The summed E-state index contributed by atoms with van der Waals surface area (Å²) in [5.41, 5.74) is 3.10. The summed E-state index contributed by atoms with van der Waals surface area (Å²) in [6, 6.07) is 10.0. The fraction of sp³-hybridized carbons (Fsp3) is 0.565. The van der Waals surface area contributed by atoms with Gasteiger partial charge in [-0.25, -0.2) is 18.4 Å². The number of likely N-dealkylation sites (N-methyl/N-ethyl adjacent to an activating group) is 1. The number of sulfonamides is 1. The fourth-order valence-corrected chi connectivity index (χ4v) is 6.11. The fourth-order valence-electron chi connectivity index (χ4n) is 4.64. The van der Waals surface area contributed by atoms with Crippen molar-refractivity contribution >= 4 is 15.8 Å². The first-order chi connectivity index (χ1) is 15.0. The minimum atomic E-state index is -3.32. The van der Waals surface area contributed by atoms with E-state index >= 15 is 0 Å². The summed E-state index contributed by atoms with van der Waals surface area (Å²) < 4.78 is 27.6. The topological polar surface area (TPSA) is 78.4 Å². The molecule has 8 heteroatoms. The molecule has 1 aromatic heterocycles. The van der Waals surface area contributed by atoms with Crippen molar-refractivity contribution in [3.8, 4) is 0 Å². The molecule has 0 aliphatic carbocycles. The Morgan fingerprint density at radius 2 is 1.97 bits per heavy atom. The van der Waals surface area contributed by atoms with Crippen LogP contribution >= 0.6 is 0 Å². The van der Waals surface area contributed by atoms with E-state index in [1.165, 1.54) is 5.56 Å². The van der Waals surface area contributed by atoms with E-state index in [9.17, 15) is 8.42 Å². The molecule has 0 bridgehead atoms. The van der Waals surface area contributed by atoms with Gasteiger partial charge in [0.15, 0.2) is 0 Å². The van der Waals surface area contributed by atoms with Gasteiger partial charge in [0.2, 0.25) is 10.0 Å². The van der Waals surface area contributed by atoms with Crippen molar-refractivity contribution in [2.45, 2.75) is 44.6 Å². The van der Waals surface area contributed by atoms with Crippen LogP contribution in [0.1, 0.15) is 47.8 Å². The molecule has 1 aromatic carbocycles. The smallest absolute Gasteiger partial charge is 0.214 e. The van der Waals surface area contributed by atoms with Crippen molar-refractivity contribution in [1.82, 2.24) is 19.2 Å². The Labute approximate surface area is 185 Å². The Balaban J connectivity index is 1.46. The number of piperidine rings is 1. The SMILES string of the molecule is CNc1nc(C2CCCN(C)C2)nc2c1CN(S(=O)(=O)CCCc1ccccc1)CC2. The van der Waals surface area contributed by atoms with Crippen molar-refractivity contribution < 1.29 is 8.42 Å². The van der Waals surface area contributed by atoms with Gasteiger partial charge in [-0.1, -0.05) is 30.3 Å². The highest BCUT2D eigenvalue weighted by molar-refractivity contribution is 7.89. The van der Waals surface area contributed by atoms with Gasteiger partial charge in [0, 0.05) is 44.6 Å². The van der Waals surface area contributed by atoms with Gasteiger partial charge < -0.3 is 10.2 Å². The molecule has 0 spiro atoms. The van der Waals surface area contributed by atoms with Gasteiger partial charge in [0.25, 0.3) is 0 Å². The first kappa shape index (κ1) is 22.2. The van der Waals surface area contributed by atoms with Crippen LogP contribution in [0.25, 0.3) is 0 Å². The van der Waals surface area contributed by atoms with Gasteiger partial charge in [0.1, 0.15) is 11.6 Å². The predicted octanol–water partition coefficient (Wildman–Crippen LogP) is 2.65. The highest BCUT2D eigenvalue weighted by atomic mass is 32.2. The number of benzene rings is 1. The largest absolute Gasteiger partial charge is 0.373 e. The second-order valence-electron chi connectivity index (χ2n) is 8.70. The van der Waals surface area contributed by atoms with Gasteiger partial charge in [-0.15, -0.1) is 0 Å². The van der Waals surface area contributed by atoms with Crippen LogP contribution in [-0.2, 0) is 29.4 Å². The molecule has 31 heavy (non-hydrogen) atoms. The number of hydrogen-bond acceptors (Lipinski definition) is 6. The third-order valence-corrected chi connectivity index (χ3v) is 8.28. The Hall–Kier alpha value is -2.03. The molecule has 1 fully saturated rings. The summed E-state index contributed by atoms with van der Waals surface area (Å²) >= 11 is 0. The highest BCUT2D eigenvalue weighted by Crippen LogP contribution is 2.30. The van der Waals surface area contributed by atoms with Crippen LogP contribution in [0.4, 0.5) is 5.82 Å². The van der Waals surface area contributed by atoms with Crippen LogP contribution in [0.3, 0.4) is 0 Å². The molecule has 1 atom stereocenters. The number of nitrogens with zero attached hydrogens (tertiary/aromatic N) is 4. The number of nitrogens with one attached hydrogen (secondary N) is 1. The number of aryl methyl sites for hydroxylation is 1. The lowest BCUT2D eigenvalue weighted by Gasteiger charge is -2.32. The lowest BCUT2D eigenvalue weighted by atomic mass is 9.97. The molecule has 2 aliphatic rings. The molecule has 4 rings (SSSR count). The third kappa shape index (κ3) is 5.25. The molecule has 2 aromatic rings. The maximum absolute atomic E-state index is 13.0. The Bertz CT molecular complexity index is 979. The van der Waals surface area contributed by atoms with Crippen molar-refractivity contribution in [2.24, 2.45) is 0 Å². The zero-order valence-corrected chi connectivity index (χ0v) is 19.4. The van der Waals surface area contributed by atoms with E-state index in [0.717, 1.165) is 55.3 Å². The van der Waals surface area contributed by atoms with Gasteiger partial charge in [-0.3, -0.25) is 0 Å². The summed E-state index contributed by atoms with van der Waals surface area (Å²) in [5, 5.41) is 3.20. The van der Waals surface area contributed by atoms with Gasteiger partial charge >= 0.3 is 0 Å². The second-order valence-corrected chi connectivity index (χ2v) is 10.8. The zero-order chi connectivity index (χ0) is 21.8. The summed E-state index contributed by atoms with van der Waals surface area (Å²) in [6.45, 7) is 2.94. The lowest BCUT2D eigenvalue weighted by Crippen LogP contribution is -2.39. The number of rotatable bonds is 7. The van der Waals surface area contributed by atoms with Crippen LogP contribution < -0.4 is 5.32 Å². The summed E-state index contributed by atoms with van der Waals surface area (Å²) in [6.07, 6.45) is 4.30. The molecule has 3 heterocycles. The van der Waals surface area contributed by atoms with E-state index in [0.29, 0.717) is 31.8 Å². The molecule has 2 aliphatic heterocycles. The number of likely N-dealkylation sites (tertiary alicyclic amines) is 1. The maximum Gasteiger partial charge on any atom is 0.214 e. The molecular formula is C23H33N5O2S. The molecule has 0 saturated carbocycles. The van der Waals surface area contributed by atoms with Crippen LogP contribution in [-0.4, -0.2) is 67.1 Å². The van der Waals surface area contributed by atoms with E-state index in [1.807, 2.05) is 37.4 Å². The zero-order valence-electron chi connectivity index (χ0n) is 18.5. The second kappa shape index (κ2) is 9.63. The average Bonchev–Trinajstić information content (AvgIpc) is 2.78. The van der Waals surface area contributed by atoms with E-state index in [-0.39, 0.29) is 5.75 Å². The van der Waals surface area contributed by atoms with Crippen LogP contribution in [0.5, 0.6) is 0 Å². The van der Waals surface area contributed by atoms with E-state index in [2.05, 4.69) is 17.3 Å². The molecule has 0 amide bonds. The minimum absolute atomic E-state index is 0.166. The van der Waals surface area contributed by atoms with Crippen molar-refractivity contribution in [3.63, 3.8) is 0 Å². The van der Waals surface area contributed by atoms with Crippen molar-refractivity contribution in [3.05, 3.63) is 53.0 Å². The first-order valence-electron chi connectivity index (χ1n) is 11.2. The van der Waals surface area contributed by atoms with E-state index in [1.54, 1.807) is 4.31 Å². The summed E-state index contributed by atoms with van der Waals surface area (Å²) in [7, 11) is 0.681. The maximum atomic E-state index is 13.0. The Morgan fingerprint density at radius 3 is 2.71 bits per heavy atom. The normalized spacial score (nSPS) is 20.4. The highest BCUT2D eigenvalue weighted by Gasteiger charge is 2.31. The lowest BCUT2D eigenvalue weighted by molar-refractivity contribution is 0.245. The molecule has 1 N–H and O–H groups in total. The van der Waals surface area contributed by atoms with E-state index in [4.69, 9.17) is 9.97 Å². The number of fused-ring (bicyclic) bond motifs is 1. The monoisotopic (exact) mass is 443 g/mol. The summed E-state index contributed by atoms with van der Waals surface area (Å²) in [5.74, 6) is 2.18. The van der Waals surface area contributed by atoms with Crippen LogP contribution in [0.2, 0.25) is 0 Å². The van der Waals surface area contributed by atoms with Gasteiger partial charge in [0.05, 0.1) is 11.4 Å². The van der Waals surface area contributed by atoms with E-state index < -0.39 is 10.0 Å². The van der Waals surface area contributed by atoms with Gasteiger partial charge in [-0.2, -0.15) is 4.31 Å². The molecular weight excluding hydrogens is 410 g/mol. The molecule has 1 unspecified atom stereocenters. The summed E-state index contributed by atoms with van der Waals surface area (Å²) in [4.78, 5) is 12.0. The Kier molecular flexibility index (Phi) is 6.89. The first-order valence-corrected chi connectivity index (χ1v) is 12.8. The molecule has 7 nitrogen and oxygen atoms in total. The quantitative estimate of drug-likeness (QED) is 0.709. The van der Waals surface area contributed by atoms with Crippen LogP contribution in [0.15, 0.2) is 30.3 Å². The molecule has 168 valence electrons. The predicted molar refractivity (Wildman–Crippen MR) is 124 cm³/mol.